The van der Waals surface area contributed by atoms with Crippen molar-refractivity contribution in [3.05, 3.63) is 90.0 Å². The predicted octanol–water partition coefficient (Wildman–Crippen LogP) is 4.48. The van der Waals surface area contributed by atoms with Gasteiger partial charge in [-0.3, -0.25) is 4.79 Å². The molecule has 0 heterocycles. The normalized spacial score (nSPS) is 11.3. The van der Waals surface area contributed by atoms with Gasteiger partial charge >= 0.3 is 0 Å². The van der Waals surface area contributed by atoms with Crippen molar-refractivity contribution in [1.29, 1.82) is 5.26 Å². The lowest BCUT2D eigenvalue weighted by atomic mass is 10.0. The van der Waals surface area contributed by atoms with Gasteiger partial charge in [-0.05, 0) is 47.9 Å². The molecule has 3 rings (SSSR count). The molecule has 0 saturated heterocycles. The van der Waals surface area contributed by atoms with Gasteiger partial charge in [0.2, 0.25) is 0 Å². The molecule has 134 valence electrons. The third-order valence-corrected chi connectivity index (χ3v) is 4.25. The Hall–Kier alpha value is -3.58. The average Bonchev–Trinajstić information content (AvgIpc) is 2.73. The summed E-state index contributed by atoms with van der Waals surface area (Å²) in [5, 5.41) is 11.8. The maximum atomic E-state index is 12.1. The summed E-state index contributed by atoms with van der Waals surface area (Å²) in [7, 11) is 0. The number of rotatable bonds is 6. The van der Waals surface area contributed by atoms with E-state index in [2.05, 4.69) is 11.4 Å². The summed E-state index contributed by atoms with van der Waals surface area (Å²) < 4.78 is 5.58. The molecular weight excluding hydrogens is 336 g/mol. The number of nitrogens with one attached hydrogen (secondary N) is 1. The third-order valence-electron chi connectivity index (χ3n) is 4.25. The lowest BCUT2D eigenvalue weighted by molar-refractivity contribution is -0.123. The first kappa shape index (κ1) is 18.2. The quantitative estimate of drug-likeness (QED) is 0.708. The van der Waals surface area contributed by atoms with Crippen LogP contribution in [0.15, 0.2) is 78.9 Å². The largest absolute Gasteiger partial charge is 0.484 e. The zero-order valence-electron chi connectivity index (χ0n) is 15.1. The molecule has 4 heteroatoms. The first-order chi connectivity index (χ1) is 13.2. The van der Waals surface area contributed by atoms with Crippen LogP contribution in [0.25, 0.3) is 11.1 Å². The molecule has 1 amide bonds. The van der Waals surface area contributed by atoms with Crippen molar-refractivity contribution in [1.82, 2.24) is 5.32 Å². The fraction of sp³-hybridized carbons (Fsp3) is 0.130. The summed E-state index contributed by atoms with van der Waals surface area (Å²) in [4.78, 5) is 12.1. The van der Waals surface area contributed by atoms with Crippen LogP contribution >= 0.6 is 0 Å². The van der Waals surface area contributed by atoms with Crippen LogP contribution in [-0.4, -0.2) is 12.5 Å². The van der Waals surface area contributed by atoms with Gasteiger partial charge in [-0.25, -0.2) is 0 Å². The van der Waals surface area contributed by atoms with Crippen LogP contribution in [-0.2, 0) is 4.79 Å². The van der Waals surface area contributed by atoms with E-state index in [1.807, 2.05) is 73.7 Å². The molecule has 0 bridgehead atoms. The molecule has 0 spiro atoms. The number of hydrogen-bond donors (Lipinski definition) is 1. The molecule has 27 heavy (non-hydrogen) atoms. The van der Waals surface area contributed by atoms with E-state index in [1.165, 1.54) is 0 Å². The van der Waals surface area contributed by atoms with E-state index in [0.717, 1.165) is 16.7 Å². The highest BCUT2D eigenvalue weighted by Gasteiger charge is 2.09. The smallest absolute Gasteiger partial charge is 0.258 e. The van der Waals surface area contributed by atoms with Gasteiger partial charge in [0.05, 0.1) is 17.7 Å². The number of nitrogens with zero attached hydrogens (tertiary/aromatic N) is 1. The first-order valence-corrected chi connectivity index (χ1v) is 8.73. The number of carbonyl (C=O) groups excluding carboxylic acids is 1. The molecule has 1 unspecified atom stereocenters. The Balaban J connectivity index is 1.53. The first-order valence-electron chi connectivity index (χ1n) is 8.73. The fourth-order valence-electron chi connectivity index (χ4n) is 2.74. The Bertz CT molecular complexity index is 927. The van der Waals surface area contributed by atoms with Crippen LogP contribution in [0.1, 0.15) is 24.1 Å². The topological polar surface area (TPSA) is 62.1 Å². The minimum absolute atomic E-state index is 0.0343. The average molecular weight is 356 g/mol. The van der Waals surface area contributed by atoms with Gasteiger partial charge in [-0.15, -0.1) is 0 Å². The molecule has 1 N–H and O–H groups in total. The standard InChI is InChI=1S/C23H20N2O2/c1-17(19-5-3-2-4-6-19)25-23(26)16-27-22-13-11-21(12-14-22)20-9-7-18(15-24)8-10-20/h2-14,17H,16H2,1H3,(H,25,26). The molecule has 4 nitrogen and oxygen atoms in total. The summed E-state index contributed by atoms with van der Waals surface area (Å²) in [6.07, 6.45) is 0. The second-order valence-corrected chi connectivity index (χ2v) is 6.20. The minimum Gasteiger partial charge on any atom is -0.484 e. The Morgan fingerprint density at radius 1 is 0.963 bits per heavy atom. The molecule has 0 fully saturated rings. The van der Waals surface area contributed by atoms with Gasteiger partial charge in [-0.1, -0.05) is 54.6 Å². The number of nitriles is 1. The molecule has 0 aliphatic heterocycles. The van der Waals surface area contributed by atoms with E-state index in [4.69, 9.17) is 10.00 Å². The number of hydrogen-bond acceptors (Lipinski definition) is 3. The maximum absolute atomic E-state index is 12.1. The SMILES string of the molecule is CC(NC(=O)COc1ccc(-c2ccc(C#N)cc2)cc1)c1ccccc1. The molecular formula is C23H20N2O2. The van der Waals surface area contributed by atoms with Gasteiger partial charge in [0.1, 0.15) is 5.75 Å². The summed E-state index contributed by atoms with van der Waals surface area (Å²) in [5.41, 5.74) is 3.73. The highest BCUT2D eigenvalue weighted by atomic mass is 16.5. The minimum atomic E-state index is -0.164. The molecule has 3 aromatic carbocycles. The fourth-order valence-corrected chi connectivity index (χ4v) is 2.74. The number of ether oxygens (including phenoxy) is 1. The molecule has 0 aliphatic rings. The lowest BCUT2D eigenvalue weighted by Crippen LogP contribution is -2.31. The molecule has 0 radical (unpaired) electrons. The van der Waals surface area contributed by atoms with Crippen LogP contribution < -0.4 is 10.1 Å². The van der Waals surface area contributed by atoms with Crippen molar-refractivity contribution in [2.45, 2.75) is 13.0 Å². The summed E-state index contributed by atoms with van der Waals surface area (Å²) in [5.74, 6) is 0.470. The van der Waals surface area contributed by atoms with Crippen molar-refractivity contribution >= 4 is 5.91 Å². The molecule has 3 aromatic rings. The third kappa shape index (κ3) is 4.96. The van der Waals surface area contributed by atoms with Crippen molar-refractivity contribution in [2.75, 3.05) is 6.61 Å². The molecule has 0 saturated carbocycles. The van der Waals surface area contributed by atoms with Crippen LogP contribution in [0.2, 0.25) is 0 Å². The van der Waals surface area contributed by atoms with Gasteiger partial charge in [0, 0.05) is 0 Å². The van der Waals surface area contributed by atoms with Crippen LogP contribution in [0.5, 0.6) is 5.75 Å². The number of benzene rings is 3. The van der Waals surface area contributed by atoms with Crippen molar-refractivity contribution in [3.63, 3.8) is 0 Å². The highest BCUT2D eigenvalue weighted by Crippen LogP contribution is 2.22. The van der Waals surface area contributed by atoms with Crippen LogP contribution in [0.4, 0.5) is 0 Å². The van der Waals surface area contributed by atoms with Crippen molar-refractivity contribution in [2.24, 2.45) is 0 Å². The summed E-state index contributed by atoms with van der Waals surface area (Å²) in [6.45, 7) is 1.91. The van der Waals surface area contributed by atoms with E-state index in [1.54, 1.807) is 12.1 Å². The zero-order valence-corrected chi connectivity index (χ0v) is 15.1. The highest BCUT2D eigenvalue weighted by molar-refractivity contribution is 5.78. The van der Waals surface area contributed by atoms with Gasteiger partial charge in [-0.2, -0.15) is 5.26 Å². The lowest BCUT2D eigenvalue weighted by Gasteiger charge is -2.14. The van der Waals surface area contributed by atoms with Crippen LogP contribution in [0, 0.1) is 11.3 Å². The van der Waals surface area contributed by atoms with E-state index in [9.17, 15) is 4.79 Å². The Morgan fingerprint density at radius 3 is 2.15 bits per heavy atom. The van der Waals surface area contributed by atoms with Crippen LogP contribution in [0.3, 0.4) is 0 Å². The Kier molecular flexibility index (Phi) is 5.86. The van der Waals surface area contributed by atoms with E-state index in [-0.39, 0.29) is 18.6 Å². The maximum Gasteiger partial charge on any atom is 0.258 e. The second kappa shape index (κ2) is 8.68. The zero-order chi connectivity index (χ0) is 19.1. The second-order valence-electron chi connectivity index (χ2n) is 6.20. The molecule has 0 aromatic heterocycles. The van der Waals surface area contributed by atoms with Crippen molar-refractivity contribution in [3.8, 4) is 22.9 Å². The van der Waals surface area contributed by atoms with Gasteiger partial charge < -0.3 is 10.1 Å². The van der Waals surface area contributed by atoms with Gasteiger partial charge in [0.25, 0.3) is 5.91 Å². The number of carbonyl (C=O) groups is 1. The van der Waals surface area contributed by atoms with Crippen molar-refractivity contribution < 1.29 is 9.53 Å². The summed E-state index contributed by atoms with van der Waals surface area (Å²) in [6, 6.07) is 26.8. The monoisotopic (exact) mass is 356 g/mol. The van der Waals surface area contributed by atoms with E-state index < -0.39 is 0 Å². The Morgan fingerprint density at radius 2 is 1.56 bits per heavy atom. The Labute approximate surface area is 159 Å². The molecule has 1 atom stereocenters. The summed E-state index contributed by atoms with van der Waals surface area (Å²) >= 11 is 0. The van der Waals surface area contributed by atoms with E-state index in [0.29, 0.717) is 11.3 Å². The number of amides is 1. The van der Waals surface area contributed by atoms with Gasteiger partial charge in [0.15, 0.2) is 6.61 Å². The molecule has 0 aliphatic carbocycles. The van der Waals surface area contributed by atoms with E-state index >= 15 is 0 Å². The predicted molar refractivity (Wildman–Crippen MR) is 105 cm³/mol.